The molecule has 0 saturated heterocycles. The number of pyridine rings is 1. The summed E-state index contributed by atoms with van der Waals surface area (Å²) >= 11 is 11.8. The highest BCUT2D eigenvalue weighted by Gasteiger charge is 2.18. The highest BCUT2D eigenvalue weighted by Crippen LogP contribution is 2.22. The molecule has 0 radical (unpaired) electrons. The number of methoxy groups -OCH3 is 1. The third kappa shape index (κ3) is 3.65. The topological polar surface area (TPSA) is 42.4 Å². The monoisotopic (exact) mass is 324 g/mol. The highest BCUT2D eigenvalue weighted by molar-refractivity contribution is 6.34. The molecule has 0 saturated carbocycles. The van der Waals surface area contributed by atoms with Gasteiger partial charge in [-0.2, -0.15) is 0 Å². The summed E-state index contributed by atoms with van der Waals surface area (Å²) in [5.74, 6) is 0.427. The Morgan fingerprint density at radius 2 is 1.95 bits per heavy atom. The molecule has 6 heteroatoms. The minimum atomic E-state index is -0.298. The average Bonchev–Trinajstić information content (AvgIpc) is 2.49. The van der Waals surface area contributed by atoms with E-state index in [1.54, 1.807) is 26.3 Å². The maximum absolute atomic E-state index is 12.4. The first-order valence-electron chi connectivity index (χ1n) is 6.22. The van der Waals surface area contributed by atoms with E-state index in [0.29, 0.717) is 6.54 Å². The van der Waals surface area contributed by atoms with Crippen LogP contribution in [0.25, 0.3) is 0 Å². The van der Waals surface area contributed by atoms with Gasteiger partial charge in [0.15, 0.2) is 0 Å². The van der Waals surface area contributed by atoms with Gasteiger partial charge in [0.1, 0.15) is 16.6 Å². The van der Waals surface area contributed by atoms with Crippen LogP contribution in [0.1, 0.15) is 16.1 Å². The van der Waals surface area contributed by atoms with Gasteiger partial charge in [-0.25, -0.2) is 4.98 Å². The lowest BCUT2D eigenvalue weighted by Crippen LogP contribution is -2.27. The molecule has 0 aliphatic heterocycles. The fourth-order valence-corrected chi connectivity index (χ4v) is 2.24. The zero-order chi connectivity index (χ0) is 15.4. The number of nitrogens with zero attached hydrogens (tertiary/aromatic N) is 2. The molecule has 0 fully saturated rings. The number of hydrogen-bond donors (Lipinski definition) is 0. The largest absolute Gasteiger partial charge is 0.496 e. The Labute approximate surface area is 133 Å². The SMILES string of the molecule is COc1ccccc1CN(C)C(=O)c1nc(Cl)ccc1Cl. The van der Waals surface area contributed by atoms with Gasteiger partial charge in [0.05, 0.1) is 12.1 Å². The van der Waals surface area contributed by atoms with Crippen molar-refractivity contribution in [2.75, 3.05) is 14.2 Å². The molecule has 1 aromatic carbocycles. The normalized spacial score (nSPS) is 10.3. The lowest BCUT2D eigenvalue weighted by molar-refractivity contribution is 0.0778. The number of amides is 1. The van der Waals surface area contributed by atoms with Crippen molar-refractivity contribution in [3.8, 4) is 5.75 Å². The van der Waals surface area contributed by atoms with E-state index in [0.717, 1.165) is 11.3 Å². The number of halogens is 2. The van der Waals surface area contributed by atoms with Gasteiger partial charge >= 0.3 is 0 Å². The fraction of sp³-hybridized carbons (Fsp3) is 0.200. The van der Waals surface area contributed by atoms with Crippen LogP contribution >= 0.6 is 23.2 Å². The third-order valence-corrected chi connectivity index (χ3v) is 3.48. The summed E-state index contributed by atoms with van der Waals surface area (Å²) in [7, 11) is 3.27. The molecule has 2 aromatic rings. The zero-order valence-corrected chi connectivity index (χ0v) is 13.1. The Balaban J connectivity index is 2.22. The molecule has 0 unspecified atom stereocenters. The molecule has 0 spiro atoms. The van der Waals surface area contributed by atoms with Gasteiger partial charge in [-0.3, -0.25) is 4.79 Å². The van der Waals surface area contributed by atoms with E-state index in [1.807, 2.05) is 24.3 Å². The number of rotatable bonds is 4. The maximum atomic E-state index is 12.4. The molecule has 0 bridgehead atoms. The quantitative estimate of drug-likeness (QED) is 0.806. The molecule has 1 amide bonds. The minimum absolute atomic E-state index is 0.140. The molecule has 1 heterocycles. The smallest absolute Gasteiger partial charge is 0.274 e. The maximum Gasteiger partial charge on any atom is 0.274 e. The van der Waals surface area contributed by atoms with E-state index in [1.165, 1.54) is 4.90 Å². The van der Waals surface area contributed by atoms with Crippen molar-refractivity contribution in [3.05, 3.63) is 57.8 Å². The van der Waals surface area contributed by atoms with Crippen LogP contribution in [0, 0.1) is 0 Å². The van der Waals surface area contributed by atoms with E-state index in [2.05, 4.69) is 4.98 Å². The number of carbonyl (C=O) groups is 1. The van der Waals surface area contributed by atoms with E-state index >= 15 is 0 Å². The molecular formula is C15H14Cl2N2O2. The van der Waals surface area contributed by atoms with Crippen LogP contribution < -0.4 is 4.74 Å². The first-order chi connectivity index (χ1) is 10.0. The standard InChI is InChI=1S/C15H14Cl2N2O2/c1-19(9-10-5-3-4-6-12(10)21-2)15(20)14-11(16)7-8-13(17)18-14/h3-8H,9H2,1-2H3. The summed E-state index contributed by atoms with van der Waals surface area (Å²) < 4.78 is 5.27. The molecular weight excluding hydrogens is 311 g/mol. The molecule has 4 nitrogen and oxygen atoms in total. The van der Waals surface area contributed by atoms with Crippen molar-refractivity contribution in [2.45, 2.75) is 6.54 Å². The Kier molecular flexibility index (Phi) is 5.04. The van der Waals surface area contributed by atoms with Crippen LogP contribution in [0.4, 0.5) is 0 Å². The van der Waals surface area contributed by atoms with E-state index in [4.69, 9.17) is 27.9 Å². The van der Waals surface area contributed by atoms with Crippen molar-refractivity contribution in [3.63, 3.8) is 0 Å². The molecule has 110 valence electrons. The summed E-state index contributed by atoms with van der Waals surface area (Å²) in [5, 5.41) is 0.504. The van der Waals surface area contributed by atoms with Crippen LogP contribution in [-0.4, -0.2) is 29.9 Å². The summed E-state index contributed by atoms with van der Waals surface area (Å²) in [6.45, 7) is 0.382. The van der Waals surface area contributed by atoms with Crippen LogP contribution in [0.15, 0.2) is 36.4 Å². The van der Waals surface area contributed by atoms with Gasteiger partial charge in [0.2, 0.25) is 0 Å². The van der Waals surface area contributed by atoms with E-state index in [9.17, 15) is 4.79 Å². The number of aromatic nitrogens is 1. The van der Waals surface area contributed by atoms with E-state index < -0.39 is 0 Å². The second-order valence-electron chi connectivity index (χ2n) is 4.44. The Bertz CT molecular complexity index is 662. The van der Waals surface area contributed by atoms with Crippen LogP contribution in [0.2, 0.25) is 10.2 Å². The first-order valence-corrected chi connectivity index (χ1v) is 6.98. The van der Waals surface area contributed by atoms with Crippen molar-refractivity contribution >= 4 is 29.1 Å². The van der Waals surface area contributed by atoms with E-state index in [-0.39, 0.29) is 21.8 Å². The van der Waals surface area contributed by atoms with Crippen molar-refractivity contribution in [1.29, 1.82) is 0 Å². The predicted octanol–water partition coefficient (Wildman–Crippen LogP) is 3.67. The summed E-state index contributed by atoms with van der Waals surface area (Å²) in [5.41, 5.74) is 1.04. The Morgan fingerprint density at radius 3 is 2.67 bits per heavy atom. The van der Waals surface area contributed by atoms with Gasteiger partial charge in [-0.05, 0) is 18.2 Å². The van der Waals surface area contributed by atoms with Crippen LogP contribution in [-0.2, 0) is 6.54 Å². The third-order valence-electron chi connectivity index (χ3n) is 2.96. The number of carbonyl (C=O) groups excluding carboxylic acids is 1. The zero-order valence-electron chi connectivity index (χ0n) is 11.6. The van der Waals surface area contributed by atoms with Crippen molar-refractivity contribution < 1.29 is 9.53 Å². The highest BCUT2D eigenvalue weighted by atomic mass is 35.5. The second kappa shape index (κ2) is 6.78. The average molecular weight is 325 g/mol. The summed E-state index contributed by atoms with van der Waals surface area (Å²) in [4.78, 5) is 17.9. The molecule has 0 aliphatic carbocycles. The Morgan fingerprint density at radius 1 is 1.24 bits per heavy atom. The molecule has 1 aromatic heterocycles. The van der Waals surface area contributed by atoms with Crippen molar-refractivity contribution in [2.24, 2.45) is 0 Å². The number of para-hydroxylation sites is 1. The number of benzene rings is 1. The van der Waals surface area contributed by atoms with Gasteiger partial charge in [0, 0.05) is 19.2 Å². The summed E-state index contributed by atoms with van der Waals surface area (Å²) in [6.07, 6.45) is 0. The molecule has 0 atom stereocenters. The van der Waals surface area contributed by atoms with Gasteiger partial charge < -0.3 is 9.64 Å². The predicted molar refractivity (Wildman–Crippen MR) is 83.0 cm³/mol. The van der Waals surface area contributed by atoms with Crippen LogP contribution in [0.3, 0.4) is 0 Å². The minimum Gasteiger partial charge on any atom is -0.496 e. The lowest BCUT2D eigenvalue weighted by Gasteiger charge is -2.19. The van der Waals surface area contributed by atoms with Crippen LogP contribution in [0.5, 0.6) is 5.75 Å². The van der Waals surface area contributed by atoms with Gasteiger partial charge in [-0.15, -0.1) is 0 Å². The summed E-state index contributed by atoms with van der Waals surface area (Å²) in [6, 6.07) is 10.6. The fourth-order valence-electron chi connectivity index (χ4n) is 1.91. The molecule has 21 heavy (non-hydrogen) atoms. The first kappa shape index (κ1) is 15.6. The lowest BCUT2D eigenvalue weighted by atomic mass is 10.2. The number of hydrogen-bond acceptors (Lipinski definition) is 3. The van der Waals surface area contributed by atoms with Gasteiger partial charge in [0.25, 0.3) is 5.91 Å². The number of ether oxygens (including phenoxy) is 1. The second-order valence-corrected chi connectivity index (χ2v) is 5.23. The molecule has 0 aliphatic rings. The molecule has 2 rings (SSSR count). The van der Waals surface area contributed by atoms with Crippen molar-refractivity contribution in [1.82, 2.24) is 9.88 Å². The molecule has 0 N–H and O–H groups in total. The Hall–Kier alpha value is -1.78. The van der Waals surface area contributed by atoms with Gasteiger partial charge in [-0.1, -0.05) is 41.4 Å².